The fraction of sp³-hybridized carbons (Fsp3) is 0.615. The van der Waals surface area contributed by atoms with Crippen molar-refractivity contribution in [1.82, 2.24) is 14.6 Å². The van der Waals surface area contributed by atoms with Gasteiger partial charge in [-0.15, -0.1) is 0 Å². The van der Waals surface area contributed by atoms with Gasteiger partial charge in [0.2, 0.25) is 10.0 Å². The van der Waals surface area contributed by atoms with Crippen LogP contribution in [0.5, 0.6) is 0 Å². The first-order valence-corrected chi connectivity index (χ1v) is 8.51. The van der Waals surface area contributed by atoms with Crippen LogP contribution in [0.3, 0.4) is 0 Å². The van der Waals surface area contributed by atoms with Gasteiger partial charge in [0, 0.05) is 32.9 Å². The summed E-state index contributed by atoms with van der Waals surface area (Å²) < 4.78 is 32.5. The zero-order valence-electron chi connectivity index (χ0n) is 12.4. The third-order valence-corrected chi connectivity index (χ3v) is 4.88. The van der Waals surface area contributed by atoms with Gasteiger partial charge in [0.15, 0.2) is 0 Å². The second-order valence-corrected chi connectivity index (χ2v) is 6.63. The van der Waals surface area contributed by atoms with E-state index in [1.807, 2.05) is 0 Å². The van der Waals surface area contributed by atoms with Crippen LogP contribution in [0.4, 0.5) is 5.82 Å². The third kappa shape index (κ3) is 4.37. The lowest BCUT2D eigenvalue weighted by Crippen LogP contribution is -2.47. The van der Waals surface area contributed by atoms with Gasteiger partial charge in [-0.2, -0.15) is 0 Å². The van der Waals surface area contributed by atoms with Gasteiger partial charge in [-0.25, -0.2) is 18.1 Å². The summed E-state index contributed by atoms with van der Waals surface area (Å²) in [5, 5.41) is 2.85. The Balaban J connectivity index is 1.94. The number of hydrogen-bond acceptors (Lipinski definition) is 6. The number of sulfonamides is 1. The molecule has 1 fully saturated rings. The van der Waals surface area contributed by atoms with E-state index in [0.717, 1.165) is 19.6 Å². The topological polar surface area (TPSA) is 83.6 Å². The number of aromatic nitrogens is 1. The van der Waals surface area contributed by atoms with Crippen molar-refractivity contribution >= 4 is 15.8 Å². The summed E-state index contributed by atoms with van der Waals surface area (Å²) in [6.45, 7) is 5.58. The fourth-order valence-corrected chi connectivity index (χ4v) is 3.17. The molecule has 7 nitrogen and oxygen atoms in total. The highest BCUT2D eigenvalue weighted by atomic mass is 32.2. The number of pyridine rings is 1. The lowest BCUT2D eigenvalue weighted by Gasteiger charge is -2.32. The minimum Gasteiger partial charge on any atom is -0.374 e. The van der Waals surface area contributed by atoms with Crippen molar-refractivity contribution < 1.29 is 13.2 Å². The van der Waals surface area contributed by atoms with E-state index in [1.54, 1.807) is 13.1 Å². The Morgan fingerprint density at radius 3 is 2.90 bits per heavy atom. The Morgan fingerprint density at radius 1 is 1.48 bits per heavy atom. The van der Waals surface area contributed by atoms with Gasteiger partial charge in [-0.3, -0.25) is 4.90 Å². The summed E-state index contributed by atoms with van der Waals surface area (Å²) in [7, 11) is -1.82. The molecule has 0 amide bonds. The second-order valence-electron chi connectivity index (χ2n) is 4.87. The maximum atomic E-state index is 12.2. The quantitative estimate of drug-likeness (QED) is 0.776. The summed E-state index contributed by atoms with van der Waals surface area (Å²) in [6.07, 6.45) is 1.23. The molecular formula is C13H22N4O3S. The van der Waals surface area contributed by atoms with Crippen LogP contribution >= 0.6 is 0 Å². The van der Waals surface area contributed by atoms with Gasteiger partial charge in [0.05, 0.1) is 12.7 Å². The normalized spacial score (nSPS) is 20.4. The fourth-order valence-electron chi connectivity index (χ4n) is 2.16. The molecule has 2 rings (SSSR count). The van der Waals surface area contributed by atoms with E-state index in [9.17, 15) is 8.42 Å². The highest BCUT2D eigenvalue weighted by Gasteiger charge is 2.22. The van der Waals surface area contributed by atoms with Gasteiger partial charge in [-0.1, -0.05) is 6.92 Å². The average molecular weight is 314 g/mol. The number of nitrogens with zero attached hydrogens (tertiary/aromatic N) is 2. The first kappa shape index (κ1) is 16.2. The maximum absolute atomic E-state index is 12.2. The van der Waals surface area contributed by atoms with Crippen LogP contribution in [0.15, 0.2) is 23.2 Å². The molecule has 1 aromatic rings. The van der Waals surface area contributed by atoms with E-state index in [2.05, 4.69) is 26.8 Å². The van der Waals surface area contributed by atoms with Crippen molar-refractivity contribution in [2.24, 2.45) is 0 Å². The summed E-state index contributed by atoms with van der Waals surface area (Å²) in [5.74, 6) is 0.628. The lowest BCUT2D eigenvalue weighted by molar-refractivity contribution is -0.0229. The summed E-state index contributed by atoms with van der Waals surface area (Å²) in [4.78, 5) is 6.41. The van der Waals surface area contributed by atoms with Crippen LogP contribution in [-0.4, -0.2) is 64.2 Å². The van der Waals surface area contributed by atoms with Gasteiger partial charge in [-0.05, 0) is 18.7 Å². The first-order chi connectivity index (χ1) is 10.0. The van der Waals surface area contributed by atoms with Crippen LogP contribution in [0, 0.1) is 0 Å². The number of hydrogen-bond donors (Lipinski definition) is 2. The lowest BCUT2D eigenvalue weighted by atomic mass is 10.3. The summed E-state index contributed by atoms with van der Waals surface area (Å²) >= 11 is 0. The average Bonchev–Trinajstić information content (AvgIpc) is 2.53. The van der Waals surface area contributed by atoms with Crippen LogP contribution in [-0.2, 0) is 14.8 Å². The van der Waals surface area contributed by atoms with E-state index in [-0.39, 0.29) is 17.5 Å². The molecule has 0 aliphatic carbocycles. The Hall–Kier alpha value is -1.22. The second kappa shape index (κ2) is 7.17. The highest BCUT2D eigenvalue weighted by Crippen LogP contribution is 2.11. The van der Waals surface area contributed by atoms with Crippen molar-refractivity contribution in [2.45, 2.75) is 17.9 Å². The molecule has 2 heterocycles. The Labute approximate surface area is 125 Å². The van der Waals surface area contributed by atoms with Crippen LogP contribution in [0.2, 0.25) is 0 Å². The zero-order valence-corrected chi connectivity index (χ0v) is 13.2. The van der Waals surface area contributed by atoms with Crippen molar-refractivity contribution in [3.05, 3.63) is 18.3 Å². The molecule has 0 saturated carbocycles. The molecule has 1 atom stereocenters. The van der Waals surface area contributed by atoms with Crippen molar-refractivity contribution in [2.75, 3.05) is 45.2 Å². The van der Waals surface area contributed by atoms with Gasteiger partial charge >= 0.3 is 0 Å². The molecule has 21 heavy (non-hydrogen) atoms. The largest absolute Gasteiger partial charge is 0.374 e. The summed E-state index contributed by atoms with van der Waals surface area (Å²) in [5.41, 5.74) is 0. The minimum absolute atomic E-state index is 0.113. The van der Waals surface area contributed by atoms with E-state index in [0.29, 0.717) is 12.4 Å². The smallest absolute Gasteiger partial charge is 0.242 e. The van der Waals surface area contributed by atoms with Crippen molar-refractivity contribution in [3.8, 4) is 0 Å². The number of morpholine rings is 1. The highest BCUT2D eigenvalue weighted by molar-refractivity contribution is 7.89. The van der Waals surface area contributed by atoms with Crippen LogP contribution in [0.25, 0.3) is 0 Å². The van der Waals surface area contributed by atoms with E-state index >= 15 is 0 Å². The van der Waals surface area contributed by atoms with Gasteiger partial charge < -0.3 is 10.1 Å². The minimum atomic E-state index is -3.55. The van der Waals surface area contributed by atoms with E-state index in [1.165, 1.54) is 12.3 Å². The number of anilines is 1. The monoisotopic (exact) mass is 314 g/mol. The van der Waals surface area contributed by atoms with Crippen LogP contribution < -0.4 is 10.0 Å². The molecule has 0 radical (unpaired) electrons. The molecule has 1 aromatic heterocycles. The Bertz CT molecular complexity index is 547. The molecule has 118 valence electrons. The maximum Gasteiger partial charge on any atom is 0.242 e. The third-order valence-electron chi connectivity index (χ3n) is 3.47. The van der Waals surface area contributed by atoms with E-state index in [4.69, 9.17) is 4.74 Å². The number of likely N-dealkylation sites (N-methyl/N-ethyl adjacent to an activating group) is 1. The zero-order chi connectivity index (χ0) is 15.3. The van der Waals surface area contributed by atoms with E-state index < -0.39 is 10.0 Å². The molecule has 1 aliphatic heterocycles. The number of rotatable bonds is 6. The predicted molar refractivity (Wildman–Crippen MR) is 80.8 cm³/mol. The number of ether oxygens (including phenoxy) is 1. The van der Waals surface area contributed by atoms with Crippen LogP contribution in [0.1, 0.15) is 6.92 Å². The summed E-state index contributed by atoms with van der Waals surface area (Å²) in [6, 6.07) is 3.16. The Kier molecular flexibility index (Phi) is 5.51. The Morgan fingerprint density at radius 2 is 2.29 bits per heavy atom. The molecule has 0 bridgehead atoms. The molecule has 1 unspecified atom stereocenters. The van der Waals surface area contributed by atoms with Crippen molar-refractivity contribution in [3.63, 3.8) is 0 Å². The standard InChI is InChI=1S/C13H22N4O3S/c1-3-17-6-7-20-11(10-17)8-16-21(18,19)12-4-5-13(14-2)15-9-12/h4-5,9,11,16H,3,6-8,10H2,1-2H3,(H,14,15). The van der Waals surface area contributed by atoms with Gasteiger partial charge in [0.25, 0.3) is 0 Å². The predicted octanol–water partition coefficient (Wildman–Crippen LogP) is 0.122. The molecule has 8 heteroatoms. The molecular weight excluding hydrogens is 292 g/mol. The SMILES string of the molecule is CCN1CCOC(CNS(=O)(=O)c2ccc(NC)nc2)C1. The van der Waals surface area contributed by atoms with Crippen molar-refractivity contribution in [1.29, 1.82) is 0 Å². The van der Waals surface area contributed by atoms with Gasteiger partial charge in [0.1, 0.15) is 10.7 Å². The number of nitrogens with one attached hydrogen (secondary N) is 2. The molecule has 0 spiro atoms. The molecule has 1 saturated heterocycles. The molecule has 0 aromatic carbocycles. The molecule has 2 N–H and O–H groups in total. The molecule has 1 aliphatic rings. The first-order valence-electron chi connectivity index (χ1n) is 7.02.